The van der Waals surface area contributed by atoms with Crippen molar-refractivity contribution in [2.45, 2.75) is 50.6 Å². The highest BCUT2D eigenvalue weighted by Gasteiger charge is 2.41. The predicted molar refractivity (Wildman–Crippen MR) is 83.1 cm³/mol. The van der Waals surface area contributed by atoms with Crippen LogP contribution in [0, 0.1) is 0 Å². The lowest BCUT2D eigenvalue weighted by atomic mass is 9.77. The zero-order chi connectivity index (χ0) is 14.2. The molecule has 1 atom stereocenters. The topological polar surface area (TPSA) is 85.2 Å². The van der Waals surface area contributed by atoms with Crippen LogP contribution >= 0.6 is 24.2 Å². The first-order chi connectivity index (χ1) is 9.64. The van der Waals surface area contributed by atoms with E-state index in [0.717, 1.165) is 31.4 Å². The maximum atomic E-state index is 12.1. The molecular formula is C13H21ClN4O2S. The maximum Gasteiger partial charge on any atom is 0.250 e. The van der Waals surface area contributed by atoms with Crippen LogP contribution in [0.4, 0.5) is 0 Å². The average Bonchev–Trinajstić information content (AvgIpc) is 3.04. The first kappa shape index (κ1) is 16.6. The molecule has 1 aliphatic carbocycles. The minimum Gasteiger partial charge on any atom is -0.337 e. The Morgan fingerprint density at radius 1 is 1.57 bits per heavy atom. The fourth-order valence-corrected chi connectivity index (χ4v) is 3.78. The first-order valence-electron chi connectivity index (χ1n) is 7.14. The summed E-state index contributed by atoms with van der Waals surface area (Å²) < 4.78 is 5.38. The second-order valence-electron chi connectivity index (χ2n) is 5.60. The van der Waals surface area contributed by atoms with Crippen molar-refractivity contribution in [1.82, 2.24) is 15.0 Å². The minimum absolute atomic E-state index is 0. The molecule has 2 aliphatic rings. The van der Waals surface area contributed by atoms with Gasteiger partial charge in [0, 0.05) is 12.2 Å². The lowest BCUT2D eigenvalue weighted by molar-refractivity contribution is -0.132. The van der Waals surface area contributed by atoms with Gasteiger partial charge in [-0.05, 0) is 25.7 Å². The van der Waals surface area contributed by atoms with Crippen LogP contribution < -0.4 is 5.73 Å². The van der Waals surface area contributed by atoms with E-state index >= 15 is 0 Å². The van der Waals surface area contributed by atoms with Crippen molar-refractivity contribution < 1.29 is 9.32 Å². The molecule has 1 aromatic heterocycles. The molecule has 118 valence electrons. The number of nitrogens with zero attached hydrogens (tertiary/aromatic N) is 3. The van der Waals surface area contributed by atoms with E-state index in [9.17, 15) is 4.79 Å². The summed E-state index contributed by atoms with van der Waals surface area (Å²) in [6, 6.07) is -0.0935. The van der Waals surface area contributed by atoms with Crippen molar-refractivity contribution in [1.29, 1.82) is 0 Å². The van der Waals surface area contributed by atoms with Gasteiger partial charge in [-0.25, -0.2) is 0 Å². The fourth-order valence-electron chi connectivity index (χ4n) is 2.60. The van der Waals surface area contributed by atoms with E-state index in [1.165, 1.54) is 0 Å². The Hall–Kier alpha value is -0.790. The zero-order valence-corrected chi connectivity index (χ0v) is 13.7. The van der Waals surface area contributed by atoms with E-state index in [1.807, 2.05) is 11.8 Å². The van der Waals surface area contributed by atoms with Crippen molar-refractivity contribution in [3.63, 3.8) is 0 Å². The molecule has 0 spiro atoms. The summed E-state index contributed by atoms with van der Waals surface area (Å²) in [6.07, 6.45) is 4.35. The Morgan fingerprint density at radius 3 is 2.95 bits per heavy atom. The van der Waals surface area contributed by atoms with Gasteiger partial charge in [-0.3, -0.25) is 4.79 Å². The molecule has 1 saturated carbocycles. The summed E-state index contributed by atoms with van der Waals surface area (Å²) in [5.74, 6) is 2.81. The van der Waals surface area contributed by atoms with Gasteiger partial charge in [-0.2, -0.15) is 4.98 Å². The maximum absolute atomic E-state index is 12.1. The quantitative estimate of drug-likeness (QED) is 0.909. The summed E-state index contributed by atoms with van der Waals surface area (Å²) in [4.78, 5) is 18.4. The molecule has 2 N–H and O–H groups in total. The molecule has 2 heterocycles. The van der Waals surface area contributed by atoms with E-state index in [1.54, 1.807) is 11.8 Å². The molecule has 0 aromatic carbocycles. The largest absolute Gasteiger partial charge is 0.337 e. The third-order valence-corrected chi connectivity index (χ3v) is 5.10. The molecule has 21 heavy (non-hydrogen) atoms. The lowest BCUT2D eigenvalue weighted by Gasteiger charge is -2.34. The number of thioether (sulfide) groups is 1. The summed E-state index contributed by atoms with van der Waals surface area (Å²) in [7, 11) is 0. The van der Waals surface area contributed by atoms with Crippen LogP contribution in [0.15, 0.2) is 4.52 Å². The number of aromatic nitrogens is 2. The van der Waals surface area contributed by atoms with Crippen molar-refractivity contribution in [2.75, 3.05) is 11.6 Å². The SMILES string of the molecule is CCCC(=O)N1CSCC1c1nc(C2(N)CCC2)no1.Cl. The van der Waals surface area contributed by atoms with E-state index in [2.05, 4.69) is 10.1 Å². The van der Waals surface area contributed by atoms with Gasteiger partial charge in [0.1, 0.15) is 6.04 Å². The number of carbonyl (C=O) groups is 1. The van der Waals surface area contributed by atoms with Crippen molar-refractivity contribution >= 4 is 30.1 Å². The number of hydrogen-bond acceptors (Lipinski definition) is 6. The number of carbonyl (C=O) groups excluding carboxylic acids is 1. The van der Waals surface area contributed by atoms with E-state index in [-0.39, 0.29) is 24.4 Å². The lowest BCUT2D eigenvalue weighted by Crippen LogP contribution is -2.44. The van der Waals surface area contributed by atoms with Crippen LogP contribution in [0.25, 0.3) is 0 Å². The highest BCUT2D eigenvalue weighted by atomic mass is 35.5. The first-order valence-corrected chi connectivity index (χ1v) is 8.30. The molecular weight excluding hydrogens is 312 g/mol. The van der Waals surface area contributed by atoms with E-state index in [0.29, 0.717) is 24.0 Å². The Labute approximate surface area is 134 Å². The fraction of sp³-hybridized carbons (Fsp3) is 0.769. The van der Waals surface area contributed by atoms with Crippen molar-refractivity contribution in [2.24, 2.45) is 5.73 Å². The normalized spacial score (nSPS) is 23.5. The smallest absolute Gasteiger partial charge is 0.250 e. The van der Waals surface area contributed by atoms with Gasteiger partial charge in [-0.1, -0.05) is 12.1 Å². The molecule has 1 aliphatic heterocycles. The average molecular weight is 333 g/mol. The number of nitrogens with two attached hydrogens (primary N) is 1. The molecule has 3 rings (SSSR count). The molecule has 1 amide bonds. The molecule has 1 unspecified atom stereocenters. The second-order valence-corrected chi connectivity index (χ2v) is 6.59. The van der Waals surface area contributed by atoms with Gasteiger partial charge >= 0.3 is 0 Å². The number of amides is 1. The number of rotatable bonds is 4. The number of hydrogen-bond donors (Lipinski definition) is 1. The van der Waals surface area contributed by atoms with Crippen LogP contribution in [0.1, 0.15) is 56.8 Å². The van der Waals surface area contributed by atoms with Gasteiger partial charge in [0.15, 0.2) is 5.82 Å². The van der Waals surface area contributed by atoms with Crippen LogP contribution in [0.2, 0.25) is 0 Å². The third kappa shape index (κ3) is 3.05. The molecule has 1 saturated heterocycles. The Bertz CT molecular complexity index is 506. The zero-order valence-electron chi connectivity index (χ0n) is 12.1. The van der Waals surface area contributed by atoms with Crippen LogP contribution in [-0.2, 0) is 10.3 Å². The van der Waals surface area contributed by atoms with Gasteiger partial charge in [0.05, 0.1) is 11.4 Å². The molecule has 6 nitrogen and oxygen atoms in total. The van der Waals surface area contributed by atoms with Crippen molar-refractivity contribution in [3.8, 4) is 0 Å². The van der Waals surface area contributed by atoms with E-state index < -0.39 is 5.54 Å². The highest BCUT2D eigenvalue weighted by molar-refractivity contribution is 7.99. The standard InChI is InChI=1S/C13H20N4O2S.ClH/c1-2-4-10(18)17-8-20-7-9(17)11-15-12(16-19-11)13(14)5-3-6-13;/h9H,2-8,14H2,1H3;1H. The summed E-state index contributed by atoms with van der Waals surface area (Å²) in [6.45, 7) is 2.01. The monoisotopic (exact) mass is 332 g/mol. The highest BCUT2D eigenvalue weighted by Crippen LogP contribution is 2.39. The Kier molecular flexibility index (Phi) is 5.16. The van der Waals surface area contributed by atoms with Crippen LogP contribution in [0.5, 0.6) is 0 Å². The third-order valence-electron chi connectivity index (χ3n) is 4.08. The van der Waals surface area contributed by atoms with E-state index in [4.69, 9.17) is 10.3 Å². The molecule has 0 radical (unpaired) electrons. The Morgan fingerprint density at radius 2 is 2.33 bits per heavy atom. The summed E-state index contributed by atoms with van der Waals surface area (Å²) in [5, 5.41) is 4.04. The molecule has 1 aromatic rings. The van der Waals surface area contributed by atoms with Crippen LogP contribution in [0.3, 0.4) is 0 Å². The summed E-state index contributed by atoms with van der Waals surface area (Å²) >= 11 is 1.72. The van der Waals surface area contributed by atoms with Crippen molar-refractivity contribution in [3.05, 3.63) is 11.7 Å². The predicted octanol–water partition coefficient (Wildman–Crippen LogP) is 2.20. The van der Waals surface area contributed by atoms with Crippen LogP contribution in [-0.4, -0.2) is 32.6 Å². The summed E-state index contributed by atoms with van der Waals surface area (Å²) in [5.41, 5.74) is 5.80. The number of halogens is 1. The molecule has 0 bridgehead atoms. The van der Waals surface area contributed by atoms with Gasteiger partial charge in [0.25, 0.3) is 0 Å². The van der Waals surface area contributed by atoms with Gasteiger partial charge < -0.3 is 15.2 Å². The second kappa shape index (κ2) is 6.54. The molecule has 8 heteroatoms. The molecule has 2 fully saturated rings. The minimum atomic E-state index is -0.411. The van der Waals surface area contributed by atoms with Gasteiger partial charge in [0.2, 0.25) is 11.8 Å². The Balaban J connectivity index is 0.00000161. The van der Waals surface area contributed by atoms with Gasteiger partial charge in [-0.15, -0.1) is 24.2 Å².